The van der Waals surface area contributed by atoms with Crippen molar-refractivity contribution in [2.75, 3.05) is 32.9 Å². The lowest BCUT2D eigenvalue weighted by molar-refractivity contribution is -0.153. The SMILES string of the molecule is CC1(COC2CNC2)COC1.Cl. The Morgan fingerprint density at radius 3 is 2.50 bits per heavy atom. The Hall–Kier alpha value is 0.170. The van der Waals surface area contributed by atoms with E-state index in [4.69, 9.17) is 9.47 Å². The highest BCUT2D eigenvalue weighted by Crippen LogP contribution is 2.27. The molecule has 2 heterocycles. The van der Waals surface area contributed by atoms with Gasteiger partial charge in [0.15, 0.2) is 0 Å². The summed E-state index contributed by atoms with van der Waals surface area (Å²) in [6, 6.07) is 0. The van der Waals surface area contributed by atoms with Crippen molar-refractivity contribution < 1.29 is 9.47 Å². The first-order chi connectivity index (χ1) is 5.29. The van der Waals surface area contributed by atoms with Crippen LogP contribution in [-0.4, -0.2) is 39.0 Å². The minimum Gasteiger partial charge on any atom is -0.380 e. The van der Waals surface area contributed by atoms with Crippen LogP contribution in [0.3, 0.4) is 0 Å². The average Bonchev–Trinajstić information content (AvgIpc) is 1.81. The molecule has 72 valence electrons. The average molecular weight is 194 g/mol. The second-order valence-electron chi connectivity index (χ2n) is 3.89. The summed E-state index contributed by atoms with van der Waals surface area (Å²) in [6.45, 7) is 6.86. The summed E-state index contributed by atoms with van der Waals surface area (Å²) < 4.78 is 10.8. The molecule has 2 saturated heterocycles. The summed E-state index contributed by atoms with van der Waals surface area (Å²) in [5.41, 5.74) is 0.315. The minimum absolute atomic E-state index is 0. The Bertz CT molecular complexity index is 146. The Kier molecular flexibility index (Phi) is 3.35. The summed E-state index contributed by atoms with van der Waals surface area (Å²) in [7, 11) is 0. The van der Waals surface area contributed by atoms with Crippen molar-refractivity contribution >= 4 is 12.4 Å². The molecule has 2 fully saturated rings. The van der Waals surface area contributed by atoms with Gasteiger partial charge in [0.25, 0.3) is 0 Å². The molecule has 0 aliphatic carbocycles. The van der Waals surface area contributed by atoms with Crippen LogP contribution >= 0.6 is 12.4 Å². The van der Waals surface area contributed by atoms with E-state index in [9.17, 15) is 0 Å². The molecule has 0 aromatic rings. The lowest BCUT2D eigenvalue weighted by Crippen LogP contribution is -2.52. The molecule has 1 N–H and O–H groups in total. The van der Waals surface area contributed by atoms with Crippen LogP contribution in [0.1, 0.15) is 6.92 Å². The third kappa shape index (κ3) is 2.10. The van der Waals surface area contributed by atoms with Crippen molar-refractivity contribution in [1.29, 1.82) is 0 Å². The van der Waals surface area contributed by atoms with Crippen LogP contribution in [0.2, 0.25) is 0 Å². The van der Waals surface area contributed by atoms with E-state index >= 15 is 0 Å². The molecular formula is C8H16ClNO2. The summed E-state index contributed by atoms with van der Waals surface area (Å²) in [6.07, 6.45) is 0.465. The zero-order valence-electron chi connectivity index (χ0n) is 7.34. The van der Waals surface area contributed by atoms with Crippen LogP contribution in [0.15, 0.2) is 0 Å². The van der Waals surface area contributed by atoms with E-state index in [0.29, 0.717) is 11.5 Å². The van der Waals surface area contributed by atoms with Crippen LogP contribution in [0, 0.1) is 5.41 Å². The van der Waals surface area contributed by atoms with Gasteiger partial charge >= 0.3 is 0 Å². The normalized spacial score (nSPS) is 26.8. The van der Waals surface area contributed by atoms with Crippen LogP contribution < -0.4 is 5.32 Å². The largest absolute Gasteiger partial charge is 0.380 e. The van der Waals surface area contributed by atoms with Crippen molar-refractivity contribution in [3.05, 3.63) is 0 Å². The second kappa shape index (κ2) is 3.92. The van der Waals surface area contributed by atoms with Gasteiger partial charge in [-0.15, -0.1) is 12.4 Å². The molecule has 3 nitrogen and oxygen atoms in total. The number of halogens is 1. The van der Waals surface area contributed by atoms with Crippen molar-refractivity contribution in [2.45, 2.75) is 13.0 Å². The molecule has 2 aliphatic rings. The lowest BCUT2D eigenvalue weighted by Gasteiger charge is -2.40. The van der Waals surface area contributed by atoms with E-state index in [-0.39, 0.29) is 12.4 Å². The minimum atomic E-state index is 0. The molecule has 0 amide bonds. The molecular weight excluding hydrogens is 178 g/mol. The molecule has 0 aromatic carbocycles. The fraction of sp³-hybridized carbons (Fsp3) is 1.00. The van der Waals surface area contributed by atoms with E-state index in [0.717, 1.165) is 32.9 Å². The van der Waals surface area contributed by atoms with E-state index in [1.54, 1.807) is 0 Å². The number of ether oxygens (including phenoxy) is 2. The first kappa shape index (κ1) is 10.3. The van der Waals surface area contributed by atoms with Gasteiger partial charge in [-0.2, -0.15) is 0 Å². The molecule has 2 aliphatic heterocycles. The molecule has 0 atom stereocenters. The predicted molar refractivity (Wildman–Crippen MR) is 48.8 cm³/mol. The summed E-state index contributed by atoms with van der Waals surface area (Å²) in [5.74, 6) is 0. The van der Waals surface area contributed by atoms with Crippen LogP contribution in [0.4, 0.5) is 0 Å². The summed E-state index contributed by atoms with van der Waals surface area (Å²) in [4.78, 5) is 0. The Morgan fingerprint density at radius 2 is 2.17 bits per heavy atom. The molecule has 4 heteroatoms. The van der Waals surface area contributed by atoms with Gasteiger partial charge in [-0.05, 0) is 0 Å². The van der Waals surface area contributed by atoms with Gasteiger partial charge in [-0.1, -0.05) is 6.92 Å². The molecule has 0 saturated carbocycles. The first-order valence-corrected chi connectivity index (χ1v) is 4.19. The highest BCUT2D eigenvalue weighted by atomic mass is 35.5. The van der Waals surface area contributed by atoms with E-state index in [1.807, 2.05) is 0 Å². The number of hydrogen-bond donors (Lipinski definition) is 1. The van der Waals surface area contributed by atoms with E-state index in [1.165, 1.54) is 0 Å². The quantitative estimate of drug-likeness (QED) is 0.706. The molecule has 12 heavy (non-hydrogen) atoms. The van der Waals surface area contributed by atoms with Gasteiger partial charge in [0.2, 0.25) is 0 Å². The fourth-order valence-electron chi connectivity index (χ4n) is 1.23. The zero-order chi connectivity index (χ0) is 7.73. The first-order valence-electron chi connectivity index (χ1n) is 4.19. The Labute approximate surface area is 79.2 Å². The van der Waals surface area contributed by atoms with Gasteiger partial charge in [0.1, 0.15) is 0 Å². The van der Waals surface area contributed by atoms with Crippen molar-refractivity contribution in [3.8, 4) is 0 Å². The third-order valence-corrected chi connectivity index (χ3v) is 2.31. The Balaban J connectivity index is 0.000000720. The molecule has 0 bridgehead atoms. The maximum absolute atomic E-state index is 5.64. The zero-order valence-corrected chi connectivity index (χ0v) is 8.15. The standard InChI is InChI=1S/C8H15NO2.ClH/c1-8(4-10-5-8)6-11-7-2-9-3-7;/h7,9H,2-6H2,1H3;1H. The van der Waals surface area contributed by atoms with Gasteiger partial charge in [0.05, 0.1) is 25.9 Å². The molecule has 0 unspecified atom stereocenters. The molecule has 2 rings (SSSR count). The lowest BCUT2D eigenvalue weighted by atomic mass is 9.90. The molecule has 0 radical (unpaired) electrons. The highest BCUT2D eigenvalue weighted by molar-refractivity contribution is 5.85. The fourth-order valence-corrected chi connectivity index (χ4v) is 1.23. The monoisotopic (exact) mass is 193 g/mol. The highest BCUT2D eigenvalue weighted by Gasteiger charge is 2.34. The summed E-state index contributed by atoms with van der Waals surface area (Å²) in [5, 5.41) is 3.18. The van der Waals surface area contributed by atoms with Crippen molar-refractivity contribution in [1.82, 2.24) is 5.32 Å². The topological polar surface area (TPSA) is 30.5 Å². The Morgan fingerprint density at radius 1 is 1.50 bits per heavy atom. The molecule has 0 spiro atoms. The maximum Gasteiger partial charge on any atom is 0.0823 e. The van der Waals surface area contributed by atoms with Gasteiger partial charge < -0.3 is 14.8 Å². The van der Waals surface area contributed by atoms with Crippen molar-refractivity contribution in [2.24, 2.45) is 5.41 Å². The van der Waals surface area contributed by atoms with E-state index < -0.39 is 0 Å². The van der Waals surface area contributed by atoms with E-state index in [2.05, 4.69) is 12.2 Å². The number of nitrogens with one attached hydrogen (secondary N) is 1. The summed E-state index contributed by atoms with van der Waals surface area (Å²) >= 11 is 0. The maximum atomic E-state index is 5.64. The van der Waals surface area contributed by atoms with Crippen LogP contribution in [0.25, 0.3) is 0 Å². The van der Waals surface area contributed by atoms with Crippen LogP contribution in [0.5, 0.6) is 0 Å². The van der Waals surface area contributed by atoms with Gasteiger partial charge in [-0.3, -0.25) is 0 Å². The smallest absolute Gasteiger partial charge is 0.0823 e. The van der Waals surface area contributed by atoms with Gasteiger partial charge in [-0.25, -0.2) is 0 Å². The van der Waals surface area contributed by atoms with Crippen molar-refractivity contribution in [3.63, 3.8) is 0 Å². The number of hydrogen-bond acceptors (Lipinski definition) is 3. The second-order valence-corrected chi connectivity index (χ2v) is 3.89. The van der Waals surface area contributed by atoms with Gasteiger partial charge in [0, 0.05) is 18.5 Å². The molecule has 0 aromatic heterocycles. The van der Waals surface area contributed by atoms with Crippen LogP contribution in [-0.2, 0) is 9.47 Å². The third-order valence-electron chi connectivity index (χ3n) is 2.31. The number of rotatable bonds is 3. The predicted octanol–water partition coefficient (Wildman–Crippen LogP) is 0.433.